The number of isothiocyanates is 1. The molecule has 3 aromatic rings. The SMILES string of the molecule is CCCCCCc1ccc(C#CC2=Cc3ccc(-c4cc(F)c(N=C=S)c(F)c4)cc3CC2)cc1. The Bertz CT molecular complexity index is 1330. The molecule has 0 spiro atoms. The number of allylic oxidation sites excluding steroid dienone is 1. The summed E-state index contributed by atoms with van der Waals surface area (Å²) < 4.78 is 28.5. The highest BCUT2D eigenvalue weighted by Crippen LogP contribution is 2.32. The fourth-order valence-electron chi connectivity index (χ4n) is 4.32. The van der Waals surface area contributed by atoms with E-state index in [1.807, 2.05) is 23.4 Å². The average molecular weight is 484 g/mol. The lowest BCUT2D eigenvalue weighted by atomic mass is 9.89. The van der Waals surface area contributed by atoms with Crippen LogP contribution in [0.25, 0.3) is 17.2 Å². The van der Waals surface area contributed by atoms with Crippen LogP contribution < -0.4 is 0 Å². The molecule has 0 unspecified atom stereocenters. The normalized spacial score (nSPS) is 12.1. The van der Waals surface area contributed by atoms with Crippen LogP contribution in [0.3, 0.4) is 0 Å². The van der Waals surface area contributed by atoms with Crippen LogP contribution in [0.15, 0.2) is 65.2 Å². The van der Waals surface area contributed by atoms with Gasteiger partial charge in [0.2, 0.25) is 0 Å². The number of hydrogen-bond donors (Lipinski definition) is 0. The van der Waals surface area contributed by atoms with Crippen molar-refractivity contribution in [1.82, 2.24) is 0 Å². The lowest BCUT2D eigenvalue weighted by Gasteiger charge is -2.15. The van der Waals surface area contributed by atoms with Crippen LogP contribution in [0.1, 0.15) is 61.3 Å². The van der Waals surface area contributed by atoms with Gasteiger partial charge in [-0.25, -0.2) is 8.78 Å². The molecule has 35 heavy (non-hydrogen) atoms. The second-order valence-electron chi connectivity index (χ2n) is 8.83. The van der Waals surface area contributed by atoms with Crippen molar-refractivity contribution in [3.63, 3.8) is 0 Å². The summed E-state index contributed by atoms with van der Waals surface area (Å²) in [5.74, 6) is 5.11. The molecule has 0 aromatic heterocycles. The van der Waals surface area contributed by atoms with Crippen molar-refractivity contribution in [3.05, 3.63) is 94.1 Å². The van der Waals surface area contributed by atoms with Gasteiger partial charge in [0.25, 0.3) is 0 Å². The summed E-state index contributed by atoms with van der Waals surface area (Å²) in [6.07, 6.45) is 10.00. The van der Waals surface area contributed by atoms with Crippen LogP contribution in [-0.2, 0) is 12.8 Å². The van der Waals surface area contributed by atoms with Crippen molar-refractivity contribution in [2.24, 2.45) is 4.99 Å². The van der Waals surface area contributed by atoms with Gasteiger partial charge in [-0.05, 0) is 96.1 Å². The second-order valence-corrected chi connectivity index (χ2v) is 9.01. The predicted molar refractivity (Wildman–Crippen MR) is 144 cm³/mol. The van der Waals surface area contributed by atoms with Gasteiger partial charge in [-0.1, -0.05) is 68.4 Å². The van der Waals surface area contributed by atoms with Crippen LogP contribution >= 0.6 is 12.2 Å². The fraction of sp³-hybridized carbons (Fsp3) is 0.258. The van der Waals surface area contributed by atoms with Crippen molar-refractivity contribution in [2.75, 3.05) is 0 Å². The summed E-state index contributed by atoms with van der Waals surface area (Å²) in [6, 6.07) is 17.0. The Balaban J connectivity index is 1.47. The van der Waals surface area contributed by atoms with Gasteiger partial charge in [-0.15, -0.1) is 0 Å². The first kappa shape index (κ1) is 24.7. The molecule has 1 aliphatic rings. The van der Waals surface area contributed by atoms with E-state index >= 15 is 0 Å². The molecule has 0 saturated heterocycles. The first-order valence-electron chi connectivity index (χ1n) is 12.1. The molecule has 4 rings (SSSR count). The molecule has 0 bridgehead atoms. The largest absolute Gasteiger partial charge is 0.204 e. The van der Waals surface area contributed by atoms with Crippen molar-refractivity contribution >= 4 is 29.1 Å². The van der Waals surface area contributed by atoms with Gasteiger partial charge in [-0.3, -0.25) is 0 Å². The minimum absolute atomic E-state index is 0.408. The summed E-state index contributed by atoms with van der Waals surface area (Å²) in [5, 5.41) is 2.01. The van der Waals surface area contributed by atoms with Gasteiger partial charge in [0.1, 0.15) is 5.69 Å². The van der Waals surface area contributed by atoms with Gasteiger partial charge >= 0.3 is 0 Å². The number of nitrogens with zero attached hydrogens (tertiary/aromatic N) is 1. The third-order valence-electron chi connectivity index (χ3n) is 6.28. The van der Waals surface area contributed by atoms with Crippen LogP contribution in [0.4, 0.5) is 14.5 Å². The molecule has 0 atom stereocenters. The lowest BCUT2D eigenvalue weighted by Crippen LogP contribution is -1.99. The van der Waals surface area contributed by atoms with Crippen LogP contribution in [-0.4, -0.2) is 5.16 Å². The number of halogens is 2. The van der Waals surface area contributed by atoms with Gasteiger partial charge < -0.3 is 0 Å². The molecule has 3 aromatic carbocycles. The van der Waals surface area contributed by atoms with Crippen LogP contribution in [0.2, 0.25) is 0 Å². The standard InChI is InChI=1S/C31H27F2NS/c1-2-3-4-5-6-22-7-9-23(10-8-22)11-12-24-13-14-26-18-27(16-15-25(26)17-24)28-19-29(32)31(34-21-35)30(33)20-28/h7-10,15-20H,2-6,13-14H2,1H3. The molecule has 0 heterocycles. The smallest absolute Gasteiger partial charge is 0.153 e. The molecule has 176 valence electrons. The van der Waals surface area contributed by atoms with Gasteiger partial charge in [-0.2, -0.15) is 4.99 Å². The van der Waals surface area contributed by atoms with E-state index in [1.54, 1.807) is 0 Å². The highest BCUT2D eigenvalue weighted by Gasteiger charge is 2.14. The molecule has 0 saturated carbocycles. The Kier molecular flexibility index (Phi) is 8.37. The molecule has 4 heteroatoms. The van der Waals surface area contributed by atoms with E-state index in [1.165, 1.54) is 43.4 Å². The number of benzene rings is 3. The van der Waals surface area contributed by atoms with E-state index in [2.05, 4.69) is 66.3 Å². The maximum atomic E-state index is 14.3. The van der Waals surface area contributed by atoms with E-state index < -0.39 is 17.3 Å². The van der Waals surface area contributed by atoms with Crippen LogP contribution in [0, 0.1) is 23.5 Å². The zero-order chi connectivity index (χ0) is 24.6. The summed E-state index contributed by atoms with van der Waals surface area (Å²) in [6.45, 7) is 2.23. The Hall–Kier alpha value is -3.38. The molecule has 0 N–H and O–H groups in total. The molecule has 0 aliphatic heterocycles. The zero-order valence-electron chi connectivity index (χ0n) is 19.8. The summed E-state index contributed by atoms with van der Waals surface area (Å²) in [7, 11) is 0. The number of aliphatic imine (C=N–C) groups is 1. The Morgan fingerprint density at radius 3 is 2.34 bits per heavy atom. The predicted octanol–water partition coefficient (Wildman–Crippen LogP) is 8.87. The van der Waals surface area contributed by atoms with Gasteiger partial charge in [0.15, 0.2) is 11.6 Å². The molecule has 0 fully saturated rings. The highest BCUT2D eigenvalue weighted by molar-refractivity contribution is 7.78. The monoisotopic (exact) mass is 483 g/mol. The first-order chi connectivity index (χ1) is 17.1. The highest BCUT2D eigenvalue weighted by atomic mass is 32.1. The Morgan fingerprint density at radius 1 is 0.857 bits per heavy atom. The van der Waals surface area contributed by atoms with E-state index in [0.29, 0.717) is 5.56 Å². The minimum Gasteiger partial charge on any atom is -0.204 e. The second kappa shape index (κ2) is 11.8. The first-order valence-corrected chi connectivity index (χ1v) is 12.5. The summed E-state index contributed by atoms with van der Waals surface area (Å²) in [5.41, 5.74) is 6.54. The minimum atomic E-state index is -0.753. The van der Waals surface area contributed by atoms with E-state index in [4.69, 9.17) is 0 Å². The molecular formula is C31H27F2NS. The molecule has 1 nitrogen and oxygen atoms in total. The number of hydrogen-bond acceptors (Lipinski definition) is 2. The number of fused-ring (bicyclic) bond motifs is 1. The van der Waals surface area contributed by atoms with Crippen LogP contribution in [0.5, 0.6) is 0 Å². The average Bonchev–Trinajstić information content (AvgIpc) is 2.87. The van der Waals surface area contributed by atoms with Gasteiger partial charge in [0.05, 0.1) is 5.16 Å². The van der Waals surface area contributed by atoms with Crippen molar-refractivity contribution in [1.29, 1.82) is 0 Å². The Labute approximate surface area is 211 Å². The zero-order valence-corrected chi connectivity index (χ0v) is 20.7. The van der Waals surface area contributed by atoms with E-state index in [0.717, 1.165) is 47.1 Å². The topological polar surface area (TPSA) is 12.4 Å². The number of thiocarbonyl (C=S) groups is 1. The summed E-state index contributed by atoms with van der Waals surface area (Å²) in [4.78, 5) is 3.47. The van der Waals surface area contributed by atoms with E-state index in [9.17, 15) is 8.78 Å². The maximum absolute atomic E-state index is 14.3. The maximum Gasteiger partial charge on any atom is 0.153 e. The number of rotatable bonds is 7. The molecule has 0 radical (unpaired) electrons. The Morgan fingerprint density at radius 2 is 1.63 bits per heavy atom. The van der Waals surface area contributed by atoms with Crippen molar-refractivity contribution in [2.45, 2.75) is 51.9 Å². The third-order valence-corrected chi connectivity index (χ3v) is 6.38. The molecular weight excluding hydrogens is 456 g/mol. The third kappa shape index (κ3) is 6.40. The van der Waals surface area contributed by atoms with Gasteiger partial charge in [0, 0.05) is 11.1 Å². The fourth-order valence-corrected chi connectivity index (χ4v) is 4.41. The number of unbranched alkanes of at least 4 members (excludes halogenated alkanes) is 3. The molecule has 0 amide bonds. The van der Waals surface area contributed by atoms with Crippen molar-refractivity contribution in [3.8, 4) is 23.0 Å². The lowest BCUT2D eigenvalue weighted by molar-refractivity contribution is 0.588. The quantitative estimate of drug-likeness (QED) is 0.141. The molecule has 1 aliphatic carbocycles. The van der Waals surface area contributed by atoms with E-state index in [-0.39, 0.29) is 0 Å². The summed E-state index contributed by atoms with van der Waals surface area (Å²) >= 11 is 4.46. The number of aryl methyl sites for hydroxylation is 2. The van der Waals surface area contributed by atoms with Crippen molar-refractivity contribution < 1.29 is 8.78 Å².